The van der Waals surface area contributed by atoms with Crippen LogP contribution in [0, 0.1) is 11.8 Å². The summed E-state index contributed by atoms with van der Waals surface area (Å²) in [6.45, 7) is 0.252. The minimum absolute atomic E-state index is 0.0238. The molecule has 7 nitrogen and oxygen atoms in total. The highest BCUT2D eigenvalue weighted by molar-refractivity contribution is 5.86. The second-order valence-electron chi connectivity index (χ2n) is 6.39. The van der Waals surface area contributed by atoms with Gasteiger partial charge in [-0.3, -0.25) is 4.79 Å². The second-order valence-corrected chi connectivity index (χ2v) is 6.39. The summed E-state index contributed by atoms with van der Waals surface area (Å²) in [7, 11) is 0. The van der Waals surface area contributed by atoms with Crippen molar-refractivity contribution in [3.8, 4) is 23.0 Å². The molecule has 148 valence electrons. The summed E-state index contributed by atoms with van der Waals surface area (Å²) in [5.41, 5.74) is 4.56. The lowest BCUT2D eigenvalue weighted by Crippen LogP contribution is -2.31. The van der Waals surface area contributed by atoms with Crippen LogP contribution in [0.4, 0.5) is 4.79 Å². The normalized spacial score (nSPS) is 11.4. The Balaban J connectivity index is 1.45. The molecule has 0 radical (unpaired) electrons. The number of carboxylic acid groups (broad SMARTS) is 1. The van der Waals surface area contributed by atoms with E-state index < -0.39 is 12.1 Å². The summed E-state index contributed by atoms with van der Waals surface area (Å²) in [5, 5.41) is 13.4. The van der Waals surface area contributed by atoms with Gasteiger partial charge in [0.25, 0.3) is 0 Å². The first kappa shape index (κ1) is 20.0. The summed E-state index contributed by atoms with van der Waals surface area (Å²) < 4.78 is 5.38. The van der Waals surface area contributed by atoms with E-state index in [1.165, 1.54) is 0 Å². The highest BCUT2D eigenvalue weighted by Gasteiger charge is 2.28. The van der Waals surface area contributed by atoms with Crippen molar-refractivity contribution < 1.29 is 24.2 Å². The number of fused-ring (bicyclic) bond motifs is 3. The van der Waals surface area contributed by atoms with E-state index in [-0.39, 0.29) is 37.9 Å². The lowest BCUT2D eigenvalue weighted by atomic mass is 9.98. The van der Waals surface area contributed by atoms with E-state index in [1.54, 1.807) is 0 Å². The summed E-state index contributed by atoms with van der Waals surface area (Å²) in [4.78, 5) is 33.8. The summed E-state index contributed by atoms with van der Waals surface area (Å²) >= 11 is 0. The Kier molecular flexibility index (Phi) is 6.48. The highest BCUT2D eigenvalue weighted by atomic mass is 16.5. The molecule has 2 aromatic rings. The van der Waals surface area contributed by atoms with Crippen LogP contribution in [-0.4, -0.2) is 42.8 Å². The van der Waals surface area contributed by atoms with Crippen LogP contribution < -0.4 is 10.6 Å². The number of carbonyl (C=O) groups is 3. The van der Waals surface area contributed by atoms with Crippen LogP contribution >= 0.6 is 0 Å². The van der Waals surface area contributed by atoms with Crippen LogP contribution in [0.25, 0.3) is 11.1 Å². The molecular weight excluding hydrogens is 372 g/mol. The Bertz CT molecular complexity index is 944. The van der Waals surface area contributed by atoms with Crippen LogP contribution in [0.3, 0.4) is 0 Å². The van der Waals surface area contributed by atoms with Crippen LogP contribution in [0.5, 0.6) is 0 Å². The van der Waals surface area contributed by atoms with Gasteiger partial charge < -0.3 is 20.5 Å². The first-order chi connectivity index (χ1) is 14.1. The molecule has 3 N–H and O–H groups in total. The maximum atomic E-state index is 12.0. The fraction of sp³-hybridized carbons (Fsp3) is 0.227. The molecule has 0 spiro atoms. The summed E-state index contributed by atoms with van der Waals surface area (Å²) in [5.74, 6) is 2.56. The van der Waals surface area contributed by atoms with Crippen molar-refractivity contribution in [3.05, 3.63) is 59.7 Å². The fourth-order valence-electron chi connectivity index (χ4n) is 3.28. The van der Waals surface area contributed by atoms with E-state index in [1.807, 2.05) is 42.3 Å². The maximum Gasteiger partial charge on any atom is 0.407 e. The average molecular weight is 392 g/mol. The quantitative estimate of drug-likeness (QED) is 0.653. The predicted molar refractivity (Wildman–Crippen MR) is 106 cm³/mol. The van der Waals surface area contributed by atoms with E-state index >= 15 is 0 Å². The van der Waals surface area contributed by atoms with Gasteiger partial charge >= 0.3 is 12.1 Å². The van der Waals surface area contributed by atoms with Crippen molar-refractivity contribution >= 4 is 18.0 Å². The van der Waals surface area contributed by atoms with Crippen LogP contribution in [0.1, 0.15) is 23.5 Å². The largest absolute Gasteiger partial charge is 0.472 e. The van der Waals surface area contributed by atoms with Gasteiger partial charge in [-0.2, -0.15) is 0 Å². The number of aliphatic carboxylic acids is 1. The van der Waals surface area contributed by atoms with Gasteiger partial charge in [-0.25, -0.2) is 9.59 Å². The topological polar surface area (TPSA) is 105 Å². The third-order valence-corrected chi connectivity index (χ3v) is 4.53. The van der Waals surface area contributed by atoms with Gasteiger partial charge in [-0.1, -0.05) is 54.5 Å². The zero-order chi connectivity index (χ0) is 20.6. The van der Waals surface area contributed by atoms with Gasteiger partial charge in [0.05, 0.1) is 6.54 Å². The van der Waals surface area contributed by atoms with E-state index in [9.17, 15) is 14.4 Å². The SMILES string of the molecule is O=C(O)C#CCNC(=O)CCNC(=O)OCC1c2ccccc2-c2ccccc21. The van der Waals surface area contributed by atoms with Gasteiger partial charge in [0.15, 0.2) is 0 Å². The number of carboxylic acids is 1. The molecule has 0 heterocycles. The molecule has 0 atom stereocenters. The molecule has 3 rings (SSSR count). The summed E-state index contributed by atoms with van der Waals surface area (Å²) in [6.07, 6.45) is -0.552. The first-order valence-corrected chi connectivity index (χ1v) is 9.13. The first-order valence-electron chi connectivity index (χ1n) is 9.13. The zero-order valence-electron chi connectivity index (χ0n) is 15.6. The number of carbonyl (C=O) groups excluding carboxylic acids is 2. The van der Waals surface area contributed by atoms with E-state index in [0.717, 1.165) is 22.3 Å². The molecular formula is C22H20N2O5. The fourth-order valence-corrected chi connectivity index (χ4v) is 3.28. The Morgan fingerprint density at radius 3 is 2.21 bits per heavy atom. The number of nitrogens with one attached hydrogen (secondary N) is 2. The Morgan fingerprint density at radius 2 is 1.59 bits per heavy atom. The van der Waals surface area contributed by atoms with Gasteiger partial charge in [0, 0.05) is 24.8 Å². The third kappa shape index (κ3) is 5.14. The number of ether oxygens (including phenoxy) is 1. The molecule has 1 aliphatic carbocycles. The minimum Gasteiger partial charge on any atom is -0.472 e. The van der Waals surface area contributed by atoms with Gasteiger partial charge in [-0.15, -0.1) is 0 Å². The van der Waals surface area contributed by atoms with Crippen molar-refractivity contribution in [3.63, 3.8) is 0 Å². The van der Waals surface area contributed by atoms with Gasteiger partial charge in [0.1, 0.15) is 6.61 Å². The Hall–Kier alpha value is -3.79. The molecule has 0 saturated heterocycles. The summed E-state index contributed by atoms with van der Waals surface area (Å²) in [6, 6.07) is 16.1. The molecule has 29 heavy (non-hydrogen) atoms. The Morgan fingerprint density at radius 1 is 0.966 bits per heavy atom. The maximum absolute atomic E-state index is 12.0. The lowest BCUT2D eigenvalue weighted by Gasteiger charge is -2.14. The molecule has 0 unspecified atom stereocenters. The van der Waals surface area contributed by atoms with Crippen molar-refractivity contribution in [1.82, 2.24) is 10.6 Å². The molecule has 0 fully saturated rings. The number of alkyl carbamates (subject to hydrolysis) is 1. The van der Waals surface area contributed by atoms with Crippen molar-refractivity contribution in [2.45, 2.75) is 12.3 Å². The van der Waals surface area contributed by atoms with Gasteiger partial charge in [0.2, 0.25) is 5.91 Å². The monoisotopic (exact) mass is 392 g/mol. The van der Waals surface area contributed by atoms with E-state index in [2.05, 4.69) is 28.7 Å². The van der Waals surface area contributed by atoms with E-state index in [4.69, 9.17) is 9.84 Å². The molecule has 7 heteroatoms. The number of rotatable bonds is 6. The zero-order valence-corrected chi connectivity index (χ0v) is 15.6. The van der Waals surface area contributed by atoms with Crippen molar-refractivity contribution in [2.75, 3.05) is 19.7 Å². The third-order valence-electron chi connectivity index (χ3n) is 4.53. The van der Waals surface area contributed by atoms with Crippen molar-refractivity contribution in [1.29, 1.82) is 0 Å². The number of hydrogen-bond acceptors (Lipinski definition) is 4. The van der Waals surface area contributed by atoms with Gasteiger partial charge in [-0.05, 0) is 22.3 Å². The highest BCUT2D eigenvalue weighted by Crippen LogP contribution is 2.44. The number of hydrogen-bond donors (Lipinski definition) is 3. The van der Waals surface area contributed by atoms with Crippen LogP contribution in [-0.2, 0) is 14.3 Å². The number of amides is 2. The Labute approximate surface area is 168 Å². The lowest BCUT2D eigenvalue weighted by molar-refractivity contribution is -0.130. The number of benzene rings is 2. The second kappa shape index (κ2) is 9.42. The predicted octanol–water partition coefficient (Wildman–Crippen LogP) is 2.12. The molecule has 0 aliphatic heterocycles. The molecule has 0 aromatic heterocycles. The molecule has 2 amide bonds. The average Bonchev–Trinajstić information content (AvgIpc) is 3.03. The van der Waals surface area contributed by atoms with E-state index in [0.29, 0.717) is 0 Å². The smallest absolute Gasteiger partial charge is 0.407 e. The molecule has 0 bridgehead atoms. The molecule has 2 aromatic carbocycles. The standard InChI is InChI=1S/C22H20N2O5/c25-20(23-12-5-10-21(26)27)11-13-24-22(28)29-14-19-17-8-3-1-6-15(17)16-7-2-4-9-18(16)19/h1-4,6-9,19H,11-14H2,(H,23,25)(H,24,28)(H,26,27). The van der Waals surface area contributed by atoms with Crippen LogP contribution in [0.15, 0.2) is 48.5 Å². The van der Waals surface area contributed by atoms with Crippen molar-refractivity contribution in [2.24, 2.45) is 0 Å². The molecule has 1 aliphatic rings. The molecule has 0 saturated carbocycles. The van der Waals surface area contributed by atoms with Crippen LogP contribution in [0.2, 0.25) is 0 Å². The minimum atomic E-state index is -1.25.